The van der Waals surface area contributed by atoms with Crippen molar-refractivity contribution in [2.24, 2.45) is 17.6 Å². The van der Waals surface area contributed by atoms with Gasteiger partial charge in [-0.05, 0) is 12.3 Å². The molecular weight excluding hydrogens is 214 g/mol. The molecule has 0 spiro atoms. The first-order chi connectivity index (χ1) is 6.78. The van der Waals surface area contributed by atoms with Gasteiger partial charge in [-0.3, -0.25) is 4.79 Å². The summed E-state index contributed by atoms with van der Waals surface area (Å²) in [4.78, 5) is 11.6. The molecule has 0 aromatic heterocycles. The Kier molecular flexibility index (Phi) is 6.05. The summed E-state index contributed by atoms with van der Waals surface area (Å²) in [7, 11) is -2.96. The predicted octanol–water partition coefficient (Wildman–Crippen LogP) is 0.611. The van der Waals surface area contributed by atoms with Crippen LogP contribution in [0.4, 0.5) is 0 Å². The monoisotopic (exact) mass is 235 g/mol. The second-order valence-electron chi connectivity index (χ2n) is 4.29. The minimum absolute atomic E-state index is 0.0775. The van der Waals surface area contributed by atoms with Crippen molar-refractivity contribution in [3.63, 3.8) is 0 Å². The second-order valence-corrected chi connectivity index (χ2v) is 6.55. The third-order valence-corrected chi connectivity index (χ3v) is 3.44. The molecule has 0 rings (SSSR count). The molecule has 1 atom stereocenters. The molecule has 15 heavy (non-hydrogen) atoms. The van der Waals surface area contributed by atoms with Gasteiger partial charge >= 0.3 is 0 Å². The lowest BCUT2D eigenvalue weighted by molar-refractivity contribution is -0.123. The molecule has 0 aliphatic rings. The van der Waals surface area contributed by atoms with E-state index in [2.05, 4.69) is 0 Å². The number of hydrogen-bond acceptors (Lipinski definition) is 4. The molecule has 0 aromatic carbocycles. The zero-order valence-corrected chi connectivity index (χ0v) is 10.5. The van der Waals surface area contributed by atoms with Crippen molar-refractivity contribution in [3.8, 4) is 0 Å². The standard InChI is InChI=1S/C10H21NO3S/c1-8(2)9(7-11)10(12)5-4-6-15(3,13)14/h8-9H,4-7,11H2,1-3H3. The summed E-state index contributed by atoms with van der Waals surface area (Å²) < 4.78 is 21.7. The summed E-state index contributed by atoms with van der Waals surface area (Å²) >= 11 is 0. The van der Waals surface area contributed by atoms with Crippen molar-refractivity contribution >= 4 is 15.6 Å². The summed E-state index contributed by atoms with van der Waals surface area (Å²) in [5, 5.41) is 0. The van der Waals surface area contributed by atoms with E-state index in [1.54, 1.807) is 0 Å². The molecule has 0 heterocycles. The second kappa shape index (κ2) is 6.23. The number of rotatable bonds is 7. The number of carbonyl (C=O) groups excluding carboxylic acids is 1. The molecule has 0 aliphatic carbocycles. The lowest BCUT2D eigenvalue weighted by Crippen LogP contribution is -2.28. The predicted molar refractivity (Wildman–Crippen MR) is 61.3 cm³/mol. The van der Waals surface area contributed by atoms with E-state index >= 15 is 0 Å². The van der Waals surface area contributed by atoms with Crippen LogP contribution in [0.5, 0.6) is 0 Å². The van der Waals surface area contributed by atoms with Crippen LogP contribution in [0.25, 0.3) is 0 Å². The van der Waals surface area contributed by atoms with E-state index in [1.165, 1.54) is 6.26 Å². The molecule has 0 saturated carbocycles. The number of Topliss-reactive ketones (excluding diaryl/α,β-unsaturated/α-hetero) is 1. The summed E-state index contributed by atoms with van der Waals surface area (Å²) in [5.74, 6) is 0.246. The fraction of sp³-hybridized carbons (Fsp3) is 0.900. The Morgan fingerprint density at radius 2 is 1.87 bits per heavy atom. The molecule has 2 N–H and O–H groups in total. The number of sulfone groups is 1. The summed E-state index contributed by atoms with van der Waals surface area (Å²) in [6.45, 7) is 4.24. The highest BCUT2D eigenvalue weighted by Crippen LogP contribution is 2.13. The molecule has 90 valence electrons. The maximum atomic E-state index is 11.6. The van der Waals surface area contributed by atoms with Gasteiger partial charge in [0.2, 0.25) is 0 Å². The van der Waals surface area contributed by atoms with E-state index in [1.807, 2.05) is 13.8 Å². The average molecular weight is 235 g/mol. The van der Waals surface area contributed by atoms with Crippen molar-refractivity contribution in [1.82, 2.24) is 0 Å². The topological polar surface area (TPSA) is 77.2 Å². The fourth-order valence-corrected chi connectivity index (χ4v) is 2.14. The minimum atomic E-state index is -2.96. The van der Waals surface area contributed by atoms with Gasteiger partial charge in [0.1, 0.15) is 15.6 Å². The van der Waals surface area contributed by atoms with Crippen LogP contribution in [0.2, 0.25) is 0 Å². The highest BCUT2D eigenvalue weighted by molar-refractivity contribution is 7.90. The Labute approximate surface area is 92.2 Å². The van der Waals surface area contributed by atoms with E-state index in [0.29, 0.717) is 19.4 Å². The maximum absolute atomic E-state index is 11.6. The Bertz CT molecular complexity index is 296. The maximum Gasteiger partial charge on any atom is 0.147 e. The van der Waals surface area contributed by atoms with Crippen LogP contribution in [0.1, 0.15) is 26.7 Å². The first-order valence-corrected chi connectivity index (χ1v) is 7.24. The van der Waals surface area contributed by atoms with E-state index in [4.69, 9.17) is 5.73 Å². The molecule has 0 aromatic rings. The molecule has 0 bridgehead atoms. The Morgan fingerprint density at radius 1 is 1.33 bits per heavy atom. The SMILES string of the molecule is CC(C)C(CN)C(=O)CCCS(C)(=O)=O. The smallest absolute Gasteiger partial charge is 0.147 e. The molecule has 4 nitrogen and oxygen atoms in total. The van der Waals surface area contributed by atoms with Gasteiger partial charge in [-0.2, -0.15) is 0 Å². The van der Waals surface area contributed by atoms with Gasteiger partial charge in [0.15, 0.2) is 0 Å². The van der Waals surface area contributed by atoms with Crippen LogP contribution >= 0.6 is 0 Å². The summed E-state index contributed by atoms with van der Waals surface area (Å²) in [5.41, 5.74) is 5.49. The van der Waals surface area contributed by atoms with Crippen molar-refractivity contribution < 1.29 is 13.2 Å². The van der Waals surface area contributed by atoms with Gasteiger partial charge < -0.3 is 5.73 Å². The zero-order chi connectivity index (χ0) is 12.1. The van der Waals surface area contributed by atoms with Gasteiger partial charge in [-0.1, -0.05) is 13.8 Å². The van der Waals surface area contributed by atoms with Crippen molar-refractivity contribution in [2.45, 2.75) is 26.7 Å². The molecule has 0 saturated heterocycles. The van der Waals surface area contributed by atoms with Gasteiger partial charge in [0.05, 0.1) is 5.75 Å². The van der Waals surface area contributed by atoms with Crippen LogP contribution in [0.3, 0.4) is 0 Å². The third kappa shape index (κ3) is 6.62. The number of ketones is 1. The largest absolute Gasteiger partial charge is 0.330 e. The summed E-state index contributed by atoms with van der Waals surface area (Å²) in [6.07, 6.45) is 1.90. The average Bonchev–Trinajstić information content (AvgIpc) is 2.01. The molecule has 1 unspecified atom stereocenters. The van der Waals surface area contributed by atoms with Gasteiger partial charge in [0, 0.05) is 25.1 Å². The number of carbonyl (C=O) groups is 1. The van der Waals surface area contributed by atoms with Crippen LogP contribution < -0.4 is 5.73 Å². The van der Waals surface area contributed by atoms with Crippen LogP contribution in [-0.2, 0) is 14.6 Å². The van der Waals surface area contributed by atoms with E-state index in [-0.39, 0.29) is 23.4 Å². The van der Waals surface area contributed by atoms with Crippen molar-refractivity contribution in [1.29, 1.82) is 0 Å². The quantitative estimate of drug-likeness (QED) is 0.701. The van der Waals surface area contributed by atoms with E-state index in [0.717, 1.165) is 0 Å². The Hall–Kier alpha value is -0.420. The zero-order valence-electron chi connectivity index (χ0n) is 9.69. The Morgan fingerprint density at radius 3 is 2.20 bits per heavy atom. The molecule has 0 amide bonds. The minimum Gasteiger partial charge on any atom is -0.330 e. The van der Waals surface area contributed by atoms with E-state index < -0.39 is 9.84 Å². The van der Waals surface area contributed by atoms with Gasteiger partial charge in [-0.25, -0.2) is 8.42 Å². The molecule has 5 heteroatoms. The molecule has 0 fully saturated rings. The molecular formula is C10H21NO3S. The summed E-state index contributed by atoms with van der Waals surface area (Å²) in [6, 6.07) is 0. The Balaban J connectivity index is 4.03. The van der Waals surface area contributed by atoms with Crippen LogP contribution in [-0.4, -0.2) is 32.8 Å². The highest BCUT2D eigenvalue weighted by atomic mass is 32.2. The first kappa shape index (κ1) is 14.6. The van der Waals surface area contributed by atoms with Crippen LogP contribution in [0.15, 0.2) is 0 Å². The molecule has 0 radical (unpaired) electrons. The highest BCUT2D eigenvalue weighted by Gasteiger charge is 2.20. The van der Waals surface area contributed by atoms with Crippen molar-refractivity contribution in [3.05, 3.63) is 0 Å². The fourth-order valence-electron chi connectivity index (χ4n) is 1.47. The van der Waals surface area contributed by atoms with E-state index in [9.17, 15) is 13.2 Å². The van der Waals surface area contributed by atoms with Gasteiger partial charge in [0.25, 0.3) is 0 Å². The number of hydrogen-bond donors (Lipinski definition) is 1. The lowest BCUT2D eigenvalue weighted by Gasteiger charge is -2.16. The molecule has 0 aliphatic heterocycles. The lowest BCUT2D eigenvalue weighted by atomic mass is 9.90. The van der Waals surface area contributed by atoms with Gasteiger partial charge in [-0.15, -0.1) is 0 Å². The van der Waals surface area contributed by atoms with Crippen LogP contribution in [0, 0.1) is 11.8 Å². The third-order valence-electron chi connectivity index (χ3n) is 2.41. The first-order valence-electron chi connectivity index (χ1n) is 5.18. The normalized spacial score (nSPS) is 14.2. The van der Waals surface area contributed by atoms with Crippen molar-refractivity contribution in [2.75, 3.05) is 18.6 Å². The number of nitrogens with two attached hydrogens (primary N) is 1.